The molecule has 1 fully saturated rings. The molecule has 2 N–H and O–H groups in total. The van der Waals surface area contributed by atoms with Crippen LogP contribution in [0.25, 0.3) is 0 Å². The fourth-order valence-corrected chi connectivity index (χ4v) is 3.55. The molecule has 0 atom stereocenters. The number of guanidine groups is 1. The summed E-state index contributed by atoms with van der Waals surface area (Å²) >= 11 is 0. The van der Waals surface area contributed by atoms with E-state index < -0.39 is 11.6 Å². The number of likely N-dealkylation sites (N-methyl/N-ethyl adjacent to an activating group) is 1. The van der Waals surface area contributed by atoms with Gasteiger partial charge in [0.2, 0.25) is 0 Å². The molecule has 1 heterocycles. The lowest BCUT2D eigenvalue weighted by atomic mass is 10.1. The number of nitrogens with zero attached hydrogens (tertiary/aromatic N) is 3. The highest BCUT2D eigenvalue weighted by Crippen LogP contribution is 2.11. The molecule has 3 rings (SSSR count). The Morgan fingerprint density at radius 3 is 2.16 bits per heavy atom. The Morgan fingerprint density at radius 2 is 1.52 bits per heavy atom. The minimum atomic E-state index is -0.455. The molecule has 5 nitrogen and oxygen atoms in total. The summed E-state index contributed by atoms with van der Waals surface area (Å²) in [4.78, 5) is 9.12. The summed E-state index contributed by atoms with van der Waals surface area (Å²) in [6, 6.07) is 12.0. The van der Waals surface area contributed by atoms with Gasteiger partial charge in [-0.25, -0.2) is 8.78 Å². The minimum absolute atomic E-state index is 0. The van der Waals surface area contributed by atoms with Crippen LogP contribution in [0.3, 0.4) is 0 Å². The molecule has 1 saturated heterocycles. The zero-order chi connectivity index (χ0) is 21.3. The summed E-state index contributed by atoms with van der Waals surface area (Å²) in [7, 11) is 1.65. The third-order valence-electron chi connectivity index (χ3n) is 5.48. The zero-order valence-electron chi connectivity index (χ0n) is 18.2. The molecule has 2 aromatic carbocycles. The highest BCUT2D eigenvalue weighted by Gasteiger charge is 2.15. The molecule has 0 saturated carbocycles. The molecule has 170 valence electrons. The Bertz CT molecular complexity index is 836. The Balaban J connectivity index is 0.00000341. The average molecular weight is 543 g/mol. The van der Waals surface area contributed by atoms with Gasteiger partial charge in [0, 0.05) is 58.4 Å². The molecule has 1 aliphatic heterocycles. The molecule has 31 heavy (non-hydrogen) atoms. The summed E-state index contributed by atoms with van der Waals surface area (Å²) < 4.78 is 27.0. The van der Waals surface area contributed by atoms with Gasteiger partial charge in [0.25, 0.3) is 0 Å². The average Bonchev–Trinajstić information content (AvgIpc) is 2.77. The first-order valence-electron chi connectivity index (χ1n) is 10.5. The summed E-state index contributed by atoms with van der Waals surface area (Å²) in [5.41, 5.74) is 2.71. The lowest BCUT2D eigenvalue weighted by Crippen LogP contribution is -2.45. The van der Waals surface area contributed by atoms with Crippen molar-refractivity contribution in [1.29, 1.82) is 0 Å². The van der Waals surface area contributed by atoms with Crippen LogP contribution in [0.5, 0.6) is 0 Å². The number of aliphatic imine (C=N–C) groups is 1. The lowest BCUT2D eigenvalue weighted by Gasteiger charge is -2.34. The number of piperazine rings is 1. The predicted molar refractivity (Wildman–Crippen MR) is 133 cm³/mol. The minimum Gasteiger partial charge on any atom is -0.352 e. The number of nitrogens with one attached hydrogen (secondary N) is 2. The number of hydrogen-bond acceptors (Lipinski definition) is 3. The van der Waals surface area contributed by atoms with Crippen molar-refractivity contribution in [2.45, 2.75) is 26.6 Å². The fraction of sp³-hybridized carbons (Fsp3) is 0.435. The molecular weight excluding hydrogens is 511 g/mol. The Labute approximate surface area is 200 Å². The predicted octanol–water partition coefficient (Wildman–Crippen LogP) is 3.59. The molecule has 0 bridgehead atoms. The summed E-state index contributed by atoms with van der Waals surface area (Å²) in [5.74, 6) is -0.355. The van der Waals surface area contributed by atoms with Crippen LogP contribution in [0, 0.1) is 11.6 Å². The van der Waals surface area contributed by atoms with Crippen LogP contribution >= 0.6 is 24.0 Å². The summed E-state index contributed by atoms with van der Waals surface area (Å²) in [5, 5.41) is 6.23. The van der Waals surface area contributed by atoms with Crippen LogP contribution in [0.2, 0.25) is 0 Å². The van der Waals surface area contributed by atoms with E-state index in [1.807, 2.05) is 0 Å². The van der Waals surface area contributed by atoms with Crippen molar-refractivity contribution in [3.05, 3.63) is 70.8 Å². The monoisotopic (exact) mass is 543 g/mol. The van der Waals surface area contributed by atoms with Crippen LogP contribution in [0.4, 0.5) is 8.78 Å². The van der Waals surface area contributed by atoms with Gasteiger partial charge in [-0.05, 0) is 35.9 Å². The highest BCUT2D eigenvalue weighted by molar-refractivity contribution is 14.0. The number of hydrogen-bond donors (Lipinski definition) is 2. The summed E-state index contributed by atoms with van der Waals surface area (Å²) in [6.07, 6.45) is 0. The van der Waals surface area contributed by atoms with Gasteiger partial charge in [-0.3, -0.25) is 9.89 Å². The van der Waals surface area contributed by atoms with Crippen molar-refractivity contribution in [3.63, 3.8) is 0 Å². The third kappa shape index (κ3) is 8.01. The van der Waals surface area contributed by atoms with Gasteiger partial charge in [0.1, 0.15) is 11.6 Å². The van der Waals surface area contributed by atoms with E-state index in [9.17, 15) is 8.78 Å². The van der Waals surface area contributed by atoms with Crippen molar-refractivity contribution in [2.75, 3.05) is 39.8 Å². The standard InChI is InChI=1S/C23H31F2N5.HI/c1-3-29-10-12-30(13-11-29)17-19-6-4-18(5-7-19)15-27-23(26-2)28-16-20-14-21(24)8-9-22(20)25;/h4-9,14H,3,10-13,15-17H2,1-2H3,(H2,26,27,28);1H. The smallest absolute Gasteiger partial charge is 0.191 e. The van der Waals surface area contributed by atoms with Crippen LogP contribution in [0.15, 0.2) is 47.5 Å². The van der Waals surface area contributed by atoms with Crippen molar-refractivity contribution < 1.29 is 8.78 Å². The number of benzene rings is 2. The topological polar surface area (TPSA) is 42.9 Å². The van der Waals surface area contributed by atoms with Crippen LogP contribution in [-0.2, 0) is 19.6 Å². The van der Waals surface area contributed by atoms with Gasteiger partial charge in [-0.15, -0.1) is 24.0 Å². The number of rotatable bonds is 7. The molecule has 2 aromatic rings. The first-order chi connectivity index (χ1) is 14.6. The van der Waals surface area contributed by atoms with Gasteiger partial charge >= 0.3 is 0 Å². The van der Waals surface area contributed by atoms with Crippen molar-refractivity contribution >= 4 is 29.9 Å². The van der Waals surface area contributed by atoms with Gasteiger partial charge in [-0.1, -0.05) is 31.2 Å². The second-order valence-corrected chi connectivity index (χ2v) is 7.54. The van der Waals surface area contributed by atoms with Gasteiger partial charge < -0.3 is 15.5 Å². The van der Waals surface area contributed by atoms with Crippen LogP contribution < -0.4 is 10.6 Å². The van der Waals surface area contributed by atoms with Crippen molar-refractivity contribution in [1.82, 2.24) is 20.4 Å². The second kappa shape index (κ2) is 12.9. The molecule has 8 heteroatoms. The van der Waals surface area contributed by atoms with E-state index in [0.717, 1.165) is 57.0 Å². The Hall–Kier alpha value is -1.78. The van der Waals surface area contributed by atoms with Gasteiger partial charge in [-0.2, -0.15) is 0 Å². The Morgan fingerprint density at radius 1 is 0.903 bits per heavy atom. The second-order valence-electron chi connectivity index (χ2n) is 7.54. The maximum Gasteiger partial charge on any atom is 0.191 e. The first kappa shape index (κ1) is 25.5. The third-order valence-corrected chi connectivity index (χ3v) is 5.48. The van der Waals surface area contributed by atoms with E-state index >= 15 is 0 Å². The van der Waals surface area contributed by atoms with Crippen molar-refractivity contribution in [2.24, 2.45) is 4.99 Å². The molecule has 0 radical (unpaired) electrons. The largest absolute Gasteiger partial charge is 0.352 e. The molecule has 0 aromatic heterocycles. The van der Waals surface area contributed by atoms with Gasteiger partial charge in [0.15, 0.2) is 5.96 Å². The van der Waals surface area contributed by atoms with E-state index in [0.29, 0.717) is 12.5 Å². The highest BCUT2D eigenvalue weighted by atomic mass is 127. The lowest BCUT2D eigenvalue weighted by molar-refractivity contribution is 0.132. The maximum absolute atomic E-state index is 13.7. The van der Waals surface area contributed by atoms with Crippen LogP contribution in [-0.4, -0.2) is 55.5 Å². The Kier molecular flexibility index (Phi) is 10.6. The normalized spacial score (nSPS) is 15.4. The number of halogens is 3. The first-order valence-corrected chi connectivity index (χ1v) is 10.5. The maximum atomic E-state index is 13.7. The molecule has 1 aliphatic rings. The van der Waals surface area contributed by atoms with E-state index in [-0.39, 0.29) is 36.1 Å². The molecule has 0 unspecified atom stereocenters. The van der Waals surface area contributed by atoms with E-state index in [2.05, 4.69) is 56.6 Å². The van der Waals surface area contributed by atoms with E-state index in [1.165, 1.54) is 11.6 Å². The molecule has 0 aliphatic carbocycles. The molecule has 0 amide bonds. The van der Waals surface area contributed by atoms with Crippen LogP contribution in [0.1, 0.15) is 23.6 Å². The quantitative estimate of drug-likeness (QED) is 0.319. The van der Waals surface area contributed by atoms with E-state index in [4.69, 9.17) is 0 Å². The zero-order valence-corrected chi connectivity index (χ0v) is 20.5. The SMILES string of the molecule is CCN1CCN(Cc2ccc(CNC(=NC)NCc3cc(F)ccc3F)cc2)CC1.I. The fourth-order valence-electron chi connectivity index (χ4n) is 3.55. The van der Waals surface area contributed by atoms with E-state index in [1.54, 1.807) is 7.05 Å². The molecule has 0 spiro atoms. The van der Waals surface area contributed by atoms with Gasteiger partial charge in [0.05, 0.1) is 0 Å². The molecular formula is C23H32F2IN5. The summed E-state index contributed by atoms with van der Waals surface area (Å²) in [6.45, 7) is 9.60. The van der Waals surface area contributed by atoms with Crippen molar-refractivity contribution in [3.8, 4) is 0 Å².